The van der Waals surface area contributed by atoms with E-state index in [4.69, 9.17) is 0 Å². The molecule has 190 valence electrons. The van der Waals surface area contributed by atoms with E-state index < -0.39 is 0 Å². The van der Waals surface area contributed by atoms with Crippen molar-refractivity contribution in [1.82, 2.24) is 0 Å². The van der Waals surface area contributed by atoms with Gasteiger partial charge in [-0.3, -0.25) is 0 Å². The van der Waals surface area contributed by atoms with Crippen LogP contribution in [0.15, 0.2) is 78.9 Å². The van der Waals surface area contributed by atoms with Crippen LogP contribution < -0.4 is 0 Å². The standard InChI is InChI=1S/C36H40S/c1-34(2,3)24-20-23(21-25(22-24)35(4,5)6)26-15-12-16-28(32(26)36(7,8)9)30-18-13-17-29-27-14-10-11-19-31(27)37-33(29)30/h10-22H,1-9H3. The Balaban J connectivity index is 1.84. The van der Waals surface area contributed by atoms with E-state index >= 15 is 0 Å². The molecule has 0 atom stereocenters. The normalized spacial score (nSPS) is 13.0. The average molecular weight is 505 g/mol. The number of fused-ring (bicyclic) bond motifs is 3. The zero-order valence-electron chi connectivity index (χ0n) is 23.9. The molecule has 0 saturated carbocycles. The Labute approximate surface area is 227 Å². The number of benzene rings is 4. The predicted octanol–water partition coefficient (Wildman–Crippen LogP) is 11.3. The molecule has 0 aliphatic rings. The Morgan fingerprint density at radius 3 is 1.65 bits per heavy atom. The van der Waals surface area contributed by atoms with Crippen LogP contribution in [-0.4, -0.2) is 0 Å². The summed E-state index contributed by atoms with van der Waals surface area (Å²) >= 11 is 1.92. The van der Waals surface area contributed by atoms with Gasteiger partial charge in [0.25, 0.3) is 0 Å². The second-order valence-electron chi connectivity index (χ2n) is 13.6. The molecule has 0 radical (unpaired) electrons. The van der Waals surface area contributed by atoms with E-state index in [2.05, 4.69) is 141 Å². The summed E-state index contributed by atoms with van der Waals surface area (Å²) in [5.41, 5.74) is 9.71. The second-order valence-corrected chi connectivity index (χ2v) is 14.6. The minimum absolute atomic E-state index is 0.0234. The van der Waals surface area contributed by atoms with Gasteiger partial charge < -0.3 is 0 Å². The van der Waals surface area contributed by atoms with Gasteiger partial charge in [-0.15, -0.1) is 11.3 Å². The van der Waals surface area contributed by atoms with Crippen molar-refractivity contribution in [3.63, 3.8) is 0 Å². The summed E-state index contributed by atoms with van der Waals surface area (Å²) < 4.78 is 2.73. The lowest BCUT2D eigenvalue weighted by atomic mass is 9.74. The molecule has 0 bridgehead atoms. The van der Waals surface area contributed by atoms with Crippen LogP contribution in [-0.2, 0) is 16.2 Å². The maximum atomic E-state index is 2.43. The fraction of sp³-hybridized carbons (Fsp3) is 0.333. The van der Waals surface area contributed by atoms with Crippen LogP contribution >= 0.6 is 11.3 Å². The molecular weight excluding hydrogens is 464 g/mol. The van der Waals surface area contributed by atoms with Gasteiger partial charge in [-0.1, -0.05) is 135 Å². The van der Waals surface area contributed by atoms with E-state index in [0.29, 0.717) is 0 Å². The molecule has 0 nitrogen and oxygen atoms in total. The van der Waals surface area contributed by atoms with Gasteiger partial charge in [-0.05, 0) is 61.3 Å². The number of thiophene rings is 1. The van der Waals surface area contributed by atoms with Crippen molar-refractivity contribution in [1.29, 1.82) is 0 Å². The summed E-state index contributed by atoms with van der Waals surface area (Å²) in [5.74, 6) is 0. The molecular formula is C36H40S. The van der Waals surface area contributed by atoms with Crippen molar-refractivity contribution in [2.75, 3.05) is 0 Å². The minimum atomic E-state index is -0.0234. The average Bonchev–Trinajstić information content (AvgIpc) is 3.20. The first kappa shape index (κ1) is 25.7. The molecule has 37 heavy (non-hydrogen) atoms. The minimum Gasteiger partial charge on any atom is -0.135 e. The van der Waals surface area contributed by atoms with Gasteiger partial charge >= 0.3 is 0 Å². The fourth-order valence-corrected chi connectivity index (χ4v) is 6.66. The third-order valence-electron chi connectivity index (χ3n) is 7.48. The highest BCUT2D eigenvalue weighted by atomic mass is 32.1. The van der Waals surface area contributed by atoms with Gasteiger partial charge in [0.05, 0.1) is 0 Å². The van der Waals surface area contributed by atoms with E-state index in [1.54, 1.807) is 0 Å². The quantitative estimate of drug-likeness (QED) is 0.224. The van der Waals surface area contributed by atoms with E-state index in [0.717, 1.165) is 0 Å². The largest absolute Gasteiger partial charge is 0.135 e. The van der Waals surface area contributed by atoms with Gasteiger partial charge in [0, 0.05) is 20.2 Å². The van der Waals surface area contributed by atoms with E-state index in [9.17, 15) is 0 Å². The SMILES string of the molecule is CC(C)(C)c1cc(-c2cccc(-c3cccc4c3sc3ccccc34)c2C(C)(C)C)cc(C(C)(C)C)c1. The first-order valence-corrected chi connectivity index (χ1v) is 14.3. The lowest BCUT2D eigenvalue weighted by molar-refractivity contribution is 0.568. The van der Waals surface area contributed by atoms with Gasteiger partial charge in [0.15, 0.2) is 0 Å². The molecule has 5 aromatic rings. The molecule has 1 heteroatoms. The van der Waals surface area contributed by atoms with Crippen molar-refractivity contribution >= 4 is 31.5 Å². The highest BCUT2D eigenvalue weighted by molar-refractivity contribution is 7.26. The lowest BCUT2D eigenvalue weighted by Crippen LogP contribution is -2.18. The van der Waals surface area contributed by atoms with Crippen molar-refractivity contribution < 1.29 is 0 Å². The summed E-state index contributed by atoms with van der Waals surface area (Å²) in [6.45, 7) is 21.0. The molecule has 0 aliphatic heterocycles. The molecule has 0 N–H and O–H groups in total. The molecule has 5 rings (SSSR count). The number of hydrogen-bond donors (Lipinski definition) is 0. The second kappa shape index (κ2) is 8.84. The van der Waals surface area contributed by atoms with Crippen LogP contribution in [0.4, 0.5) is 0 Å². The number of rotatable bonds is 2. The Morgan fingerprint density at radius 2 is 1.03 bits per heavy atom. The third-order valence-corrected chi connectivity index (χ3v) is 8.70. The molecule has 0 saturated heterocycles. The molecule has 0 fully saturated rings. The fourth-order valence-electron chi connectivity index (χ4n) is 5.43. The molecule has 1 aromatic heterocycles. The van der Waals surface area contributed by atoms with E-state index in [1.165, 1.54) is 59.1 Å². The molecule has 4 aromatic carbocycles. The monoisotopic (exact) mass is 504 g/mol. The number of hydrogen-bond acceptors (Lipinski definition) is 1. The molecule has 1 heterocycles. The first-order chi connectivity index (χ1) is 17.2. The van der Waals surface area contributed by atoms with Crippen LogP contribution in [0.1, 0.15) is 79.0 Å². The highest BCUT2D eigenvalue weighted by Gasteiger charge is 2.27. The van der Waals surface area contributed by atoms with Crippen molar-refractivity contribution in [2.45, 2.75) is 78.6 Å². The summed E-state index contributed by atoms with van der Waals surface area (Å²) in [6, 6.07) is 29.8. The zero-order chi connectivity index (χ0) is 26.8. The van der Waals surface area contributed by atoms with Crippen LogP contribution in [0, 0.1) is 0 Å². The first-order valence-electron chi connectivity index (χ1n) is 13.5. The van der Waals surface area contributed by atoms with E-state index in [1.807, 2.05) is 11.3 Å². The Kier molecular flexibility index (Phi) is 6.15. The van der Waals surface area contributed by atoms with Gasteiger partial charge in [-0.25, -0.2) is 0 Å². The molecule has 0 aliphatic carbocycles. The summed E-state index contributed by atoms with van der Waals surface area (Å²) in [4.78, 5) is 0. The summed E-state index contributed by atoms with van der Waals surface area (Å²) in [5, 5.41) is 2.71. The Morgan fingerprint density at radius 1 is 0.486 bits per heavy atom. The van der Waals surface area contributed by atoms with Crippen molar-refractivity contribution in [3.8, 4) is 22.3 Å². The Hall–Kier alpha value is -2.90. The van der Waals surface area contributed by atoms with Gasteiger partial charge in [0.1, 0.15) is 0 Å². The van der Waals surface area contributed by atoms with Crippen molar-refractivity contribution in [3.05, 3.63) is 95.6 Å². The topological polar surface area (TPSA) is 0 Å². The predicted molar refractivity (Wildman–Crippen MR) is 166 cm³/mol. The van der Waals surface area contributed by atoms with Crippen molar-refractivity contribution in [2.24, 2.45) is 0 Å². The maximum absolute atomic E-state index is 2.43. The summed E-state index contributed by atoms with van der Waals surface area (Å²) in [6.07, 6.45) is 0. The van der Waals surface area contributed by atoms with Gasteiger partial charge in [0.2, 0.25) is 0 Å². The smallest absolute Gasteiger partial charge is 0.0433 e. The van der Waals surface area contributed by atoms with Gasteiger partial charge in [-0.2, -0.15) is 0 Å². The maximum Gasteiger partial charge on any atom is 0.0433 e. The third kappa shape index (κ3) is 4.75. The van der Waals surface area contributed by atoms with Crippen LogP contribution in [0.3, 0.4) is 0 Å². The molecule has 0 unspecified atom stereocenters. The van der Waals surface area contributed by atoms with E-state index in [-0.39, 0.29) is 16.2 Å². The zero-order valence-corrected chi connectivity index (χ0v) is 24.7. The lowest BCUT2D eigenvalue weighted by Gasteiger charge is -2.30. The highest BCUT2D eigenvalue weighted by Crippen LogP contribution is 2.46. The van der Waals surface area contributed by atoms with Crippen LogP contribution in [0.5, 0.6) is 0 Å². The molecule has 0 amide bonds. The summed E-state index contributed by atoms with van der Waals surface area (Å²) in [7, 11) is 0. The Bertz CT molecular complexity index is 1580. The molecule has 0 spiro atoms. The van der Waals surface area contributed by atoms with Crippen LogP contribution in [0.2, 0.25) is 0 Å². The van der Waals surface area contributed by atoms with Crippen LogP contribution in [0.25, 0.3) is 42.4 Å².